The quantitative estimate of drug-likeness (QED) is 0.615. The second kappa shape index (κ2) is 8.08. The number of amides is 1. The smallest absolute Gasteiger partial charge is 0.255 e. The summed E-state index contributed by atoms with van der Waals surface area (Å²) in [6.45, 7) is 0. The number of hydrogen-bond acceptors (Lipinski definition) is 4. The van der Waals surface area contributed by atoms with E-state index >= 15 is 0 Å². The molecule has 3 rings (SSSR count). The van der Waals surface area contributed by atoms with E-state index in [-0.39, 0.29) is 5.91 Å². The van der Waals surface area contributed by atoms with Gasteiger partial charge in [0.1, 0.15) is 11.6 Å². The van der Waals surface area contributed by atoms with E-state index in [1.165, 1.54) is 0 Å². The zero-order valence-electron chi connectivity index (χ0n) is 13.8. The Bertz CT molecular complexity index is 927. The minimum absolute atomic E-state index is 0.292. The molecule has 1 aromatic heterocycles. The summed E-state index contributed by atoms with van der Waals surface area (Å²) in [5, 5.41) is 6.80. The highest BCUT2D eigenvalue weighted by molar-refractivity contribution is 6.35. The first-order chi connectivity index (χ1) is 12.5. The number of ether oxygens (including phenoxy) is 1. The van der Waals surface area contributed by atoms with Crippen LogP contribution in [0.15, 0.2) is 60.8 Å². The molecule has 0 radical (unpaired) electrons. The summed E-state index contributed by atoms with van der Waals surface area (Å²) in [4.78, 5) is 16.7. The van der Waals surface area contributed by atoms with Gasteiger partial charge in [-0.3, -0.25) is 4.79 Å². The fraction of sp³-hybridized carbons (Fsp3) is 0.0526. The average Bonchev–Trinajstić information content (AvgIpc) is 2.61. The van der Waals surface area contributed by atoms with Crippen molar-refractivity contribution in [3.05, 3.63) is 76.4 Å². The van der Waals surface area contributed by atoms with Gasteiger partial charge >= 0.3 is 0 Å². The highest BCUT2D eigenvalue weighted by Crippen LogP contribution is 2.24. The molecule has 0 aliphatic rings. The molecule has 0 aliphatic carbocycles. The Morgan fingerprint density at radius 1 is 1.00 bits per heavy atom. The number of carbonyl (C=O) groups is 1. The lowest BCUT2D eigenvalue weighted by molar-refractivity contribution is 0.102. The topological polar surface area (TPSA) is 63.2 Å². The number of pyridine rings is 1. The maximum Gasteiger partial charge on any atom is 0.255 e. The fourth-order valence-electron chi connectivity index (χ4n) is 2.32. The van der Waals surface area contributed by atoms with Crippen molar-refractivity contribution in [1.82, 2.24) is 4.98 Å². The van der Waals surface area contributed by atoms with E-state index in [1.54, 1.807) is 43.6 Å². The highest BCUT2D eigenvalue weighted by atomic mass is 35.5. The van der Waals surface area contributed by atoms with Crippen LogP contribution < -0.4 is 15.4 Å². The normalized spacial score (nSPS) is 10.3. The summed E-state index contributed by atoms with van der Waals surface area (Å²) in [7, 11) is 1.60. The van der Waals surface area contributed by atoms with Crippen LogP contribution >= 0.6 is 23.2 Å². The Labute approximate surface area is 160 Å². The van der Waals surface area contributed by atoms with E-state index in [0.29, 0.717) is 27.1 Å². The minimum atomic E-state index is -0.292. The number of benzene rings is 2. The predicted molar refractivity (Wildman–Crippen MR) is 105 cm³/mol. The third-order valence-corrected chi connectivity index (χ3v) is 3.92. The van der Waals surface area contributed by atoms with Gasteiger partial charge in [0.15, 0.2) is 0 Å². The van der Waals surface area contributed by atoms with Crippen molar-refractivity contribution in [3.63, 3.8) is 0 Å². The molecule has 0 atom stereocenters. The molecule has 2 aromatic carbocycles. The van der Waals surface area contributed by atoms with Crippen LogP contribution in [0, 0.1) is 0 Å². The second-order valence-corrected chi connectivity index (χ2v) is 6.27. The van der Waals surface area contributed by atoms with Crippen LogP contribution in [-0.2, 0) is 0 Å². The summed E-state index contributed by atoms with van der Waals surface area (Å²) in [6.07, 6.45) is 1.56. The van der Waals surface area contributed by atoms with Crippen molar-refractivity contribution < 1.29 is 9.53 Å². The van der Waals surface area contributed by atoms with Crippen LogP contribution in [0.4, 0.5) is 17.2 Å². The number of methoxy groups -OCH3 is 1. The standard InChI is InChI=1S/C19H15Cl2N3O2/c1-26-17-4-2-3-15(11-17)23-18-7-12(5-6-22-18)19(25)24-16-9-13(20)8-14(21)10-16/h2-11H,1H3,(H,22,23)(H,24,25). The third kappa shape index (κ3) is 4.65. The van der Waals surface area contributed by atoms with Crippen LogP contribution in [-0.4, -0.2) is 18.0 Å². The largest absolute Gasteiger partial charge is 0.497 e. The summed E-state index contributed by atoms with van der Waals surface area (Å²) >= 11 is 11.9. The van der Waals surface area contributed by atoms with Gasteiger partial charge in [0.25, 0.3) is 5.91 Å². The monoisotopic (exact) mass is 387 g/mol. The van der Waals surface area contributed by atoms with Gasteiger partial charge in [0, 0.05) is 39.2 Å². The van der Waals surface area contributed by atoms with Crippen molar-refractivity contribution in [1.29, 1.82) is 0 Å². The maximum atomic E-state index is 12.5. The second-order valence-electron chi connectivity index (χ2n) is 5.40. The molecule has 0 bridgehead atoms. The van der Waals surface area contributed by atoms with Gasteiger partial charge in [0.05, 0.1) is 7.11 Å². The zero-order chi connectivity index (χ0) is 18.5. The Balaban J connectivity index is 1.76. The molecule has 0 fully saturated rings. The zero-order valence-corrected chi connectivity index (χ0v) is 15.3. The first kappa shape index (κ1) is 18.0. The Kier molecular flexibility index (Phi) is 5.61. The number of halogens is 2. The van der Waals surface area contributed by atoms with Crippen molar-refractivity contribution in [2.75, 3.05) is 17.7 Å². The van der Waals surface area contributed by atoms with Crippen molar-refractivity contribution in [2.24, 2.45) is 0 Å². The minimum Gasteiger partial charge on any atom is -0.497 e. The molecule has 0 aliphatic heterocycles. The van der Waals surface area contributed by atoms with Crippen LogP contribution in [0.25, 0.3) is 0 Å². The molecule has 0 saturated carbocycles. The lowest BCUT2D eigenvalue weighted by Gasteiger charge is -2.10. The van der Waals surface area contributed by atoms with Crippen LogP contribution in [0.5, 0.6) is 5.75 Å². The molecule has 0 unspecified atom stereocenters. The Morgan fingerprint density at radius 3 is 2.50 bits per heavy atom. The molecule has 5 nitrogen and oxygen atoms in total. The molecule has 132 valence electrons. The van der Waals surface area contributed by atoms with Gasteiger partial charge < -0.3 is 15.4 Å². The van der Waals surface area contributed by atoms with E-state index in [4.69, 9.17) is 27.9 Å². The molecule has 0 saturated heterocycles. The van der Waals surface area contributed by atoms with E-state index in [1.807, 2.05) is 24.3 Å². The first-order valence-corrected chi connectivity index (χ1v) is 8.43. The van der Waals surface area contributed by atoms with Crippen LogP contribution in [0.2, 0.25) is 10.0 Å². The molecule has 0 spiro atoms. The molecule has 1 heterocycles. The van der Waals surface area contributed by atoms with Gasteiger partial charge in [-0.05, 0) is 42.5 Å². The van der Waals surface area contributed by atoms with Gasteiger partial charge in [-0.2, -0.15) is 0 Å². The van der Waals surface area contributed by atoms with Crippen molar-refractivity contribution in [2.45, 2.75) is 0 Å². The number of nitrogens with one attached hydrogen (secondary N) is 2. The predicted octanol–water partition coefficient (Wildman–Crippen LogP) is 5.39. The van der Waals surface area contributed by atoms with Crippen LogP contribution in [0.3, 0.4) is 0 Å². The number of carbonyl (C=O) groups excluding carboxylic acids is 1. The van der Waals surface area contributed by atoms with E-state index < -0.39 is 0 Å². The maximum absolute atomic E-state index is 12.5. The SMILES string of the molecule is COc1cccc(Nc2cc(C(=O)Nc3cc(Cl)cc(Cl)c3)ccn2)c1. The van der Waals surface area contributed by atoms with E-state index in [2.05, 4.69) is 15.6 Å². The summed E-state index contributed by atoms with van der Waals surface area (Å²) in [5.74, 6) is 0.969. The molecule has 3 aromatic rings. The summed E-state index contributed by atoms with van der Waals surface area (Å²) in [6, 6.07) is 15.6. The summed E-state index contributed by atoms with van der Waals surface area (Å²) in [5.41, 5.74) is 1.77. The lowest BCUT2D eigenvalue weighted by Crippen LogP contribution is -2.12. The average molecular weight is 388 g/mol. The van der Waals surface area contributed by atoms with Gasteiger partial charge in [-0.1, -0.05) is 29.3 Å². The number of nitrogens with zero attached hydrogens (tertiary/aromatic N) is 1. The lowest BCUT2D eigenvalue weighted by atomic mass is 10.2. The molecular formula is C19H15Cl2N3O2. The molecular weight excluding hydrogens is 373 g/mol. The van der Waals surface area contributed by atoms with Gasteiger partial charge in [-0.25, -0.2) is 4.98 Å². The molecule has 7 heteroatoms. The highest BCUT2D eigenvalue weighted by Gasteiger charge is 2.09. The number of rotatable bonds is 5. The number of anilines is 3. The third-order valence-electron chi connectivity index (χ3n) is 3.48. The molecule has 1 amide bonds. The molecule has 26 heavy (non-hydrogen) atoms. The Morgan fingerprint density at radius 2 is 1.77 bits per heavy atom. The van der Waals surface area contributed by atoms with E-state index in [9.17, 15) is 4.79 Å². The fourth-order valence-corrected chi connectivity index (χ4v) is 2.84. The summed E-state index contributed by atoms with van der Waals surface area (Å²) < 4.78 is 5.19. The van der Waals surface area contributed by atoms with Crippen molar-refractivity contribution in [3.8, 4) is 5.75 Å². The van der Waals surface area contributed by atoms with Gasteiger partial charge in [-0.15, -0.1) is 0 Å². The van der Waals surface area contributed by atoms with Crippen molar-refractivity contribution >= 4 is 46.3 Å². The first-order valence-electron chi connectivity index (χ1n) is 7.68. The number of aromatic nitrogens is 1. The van der Waals surface area contributed by atoms with Gasteiger partial charge in [0.2, 0.25) is 0 Å². The number of hydrogen-bond donors (Lipinski definition) is 2. The molecule has 2 N–H and O–H groups in total. The van der Waals surface area contributed by atoms with Crippen LogP contribution in [0.1, 0.15) is 10.4 Å². The van der Waals surface area contributed by atoms with E-state index in [0.717, 1.165) is 11.4 Å². The Hall–Kier alpha value is -2.76.